The number of nitrogens with zero attached hydrogens (tertiary/aromatic N) is 1. The van der Waals surface area contributed by atoms with E-state index in [1.165, 1.54) is 16.3 Å². The van der Waals surface area contributed by atoms with Gasteiger partial charge in [-0.3, -0.25) is 4.99 Å². The molecule has 0 aromatic heterocycles. The monoisotopic (exact) mass is 369 g/mol. The van der Waals surface area contributed by atoms with E-state index in [9.17, 15) is 0 Å². The molecule has 1 atom stereocenters. The number of ether oxygens (including phenoxy) is 2. The molecule has 1 aliphatic rings. The van der Waals surface area contributed by atoms with E-state index in [1.54, 1.807) is 7.05 Å². The van der Waals surface area contributed by atoms with E-state index in [1.807, 2.05) is 0 Å². The van der Waals surface area contributed by atoms with Gasteiger partial charge in [-0.2, -0.15) is 0 Å². The first kappa shape index (κ1) is 19.6. The lowest BCUT2D eigenvalue weighted by molar-refractivity contribution is 0.0168. The van der Waals surface area contributed by atoms with Gasteiger partial charge in [-0.25, -0.2) is 0 Å². The summed E-state index contributed by atoms with van der Waals surface area (Å²) in [5.41, 5.74) is 1.33. The molecule has 0 amide bonds. The Morgan fingerprint density at radius 2 is 2.00 bits per heavy atom. The lowest BCUT2D eigenvalue weighted by atomic mass is 10.1. The molecule has 2 aromatic rings. The number of guanidine groups is 1. The smallest absolute Gasteiger partial charge is 0.190 e. The Hall–Kier alpha value is -2.11. The first-order chi connectivity index (χ1) is 13.3. The van der Waals surface area contributed by atoms with Crippen LogP contribution in [0.2, 0.25) is 0 Å². The summed E-state index contributed by atoms with van der Waals surface area (Å²) in [4.78, 5) is 4.28. The molecule has 5 heteroatoms. The summed E-state index contributed by atoms with van der Waals surface area (Å²) in [6.45, 7) is 4.06. The van der Waals surface area contributed by atoms with Crippen molar-refractivity contribution in [2.24, 2.45) is 4.99 Å². The summed E-state index contributed by atoms with van der Waals surface area (Å²) in [6, 6.07) is 15.1. The predicted molar refractivity (Wildman–Crippen MR) is 111 cm³/mol. The highest BCUT2D eigenvalue weighted by atomic mass is 16.5. The summed E-state index contributed by atoms with van der Waals surface area (Å²) in [6.07, 6.45) is 4.53. The minimum Gasteiger partial charge on any atom is -0.379 e. The average molecular weight is 370 g/mol. The fraction of sp³-hybridized carbons (Fsp3) is 0.500. The maximum Gasteiger partial charge on any atom is 0.190 e. The Morgan fingerprint density at radius 3 is 2.81 bits per heavy atom. The van der Waals surface area contributed by atoms with Crippen molar-refractivity contribution in [3.8, 4) is 0 Å². The summed E-state index contributed by atoms with van der Waals surface area (Å²) in [5.74, 6) is 0.843. The molecule has 1 fully saturated rings. The number of hydrogen-bond donors (Lipinski definition) is 2. The molecule has 27 heavy (non-hydrogen) atoms. The van der Waals surface area contributed by atoms with Crippen molar-refractivity contribution < 1.29 is 9.47 Å². The van der Waals surface area contributed by atoms with Gasteiger partial charge in [0.2, 0.25) is 0 Å². The van der Waals surface area contributed by atoms with Crippen molar-refractivity contribution in [3.05, 3.63) is 48.0 Å². The van der Waals surface area contributed by atoms with E-state index in [4.69, 9.17) is 9.47 Å². The Labute approximate surface area is 162 Å². The first-order valence-electron chi connectivity index (χ1n) is 9.97. The molecule has 3 rings (SSSR count). The highest BCUT2D eigenvalue weighted by molar-refractivity contribution is 5.83. The standard InChI is InChI=1S/C22H31N3O2/c1-23-22(24-12-5-14-26-17-21-8-4-15-27-21)25-13-11-18-9-10-19-6-2-3-7-20(19)16-18/h2-3,6-7,9-10,16,21H,4-5,8,11-15,17H2,1H3,(H2,23,24,25). The van der Waals surface area contributed by atoms with Crippen LogP contribution in [0, 0.1) is 0 Å². The van der Waals surface area contributed by atoms with E-state index >= 15 is 0 Å². The second-order valence-corrected chi connectivity index (χ2v) is 6.92. The van der Waals surface area contributed by atoms with E-state index in [-0.39, 0.29) is 0 Å². The van der Waals surface area contributed by atoms with Gasteiger partial charge in [-0.1, -0.05) is 42.5 Å². The summed E-state index contributed by atoms with van der Waals surface area (Å²) in [7, 11) is 1.80. The number of nitrogens with one attached hydrogen (secondary N) is 2. The molecule has 2 aromatic carbocycles. The Morgan fingerprint density at radius 1 is 1.15 bits per heavy atom. The van der Waals surface area contributed by atoms with E-state index in [0.717, 1.165) is 64.6 Å². The summed E-state index contributed by atoms with van der Waals surface area (Å²) < 4.78 is 11.2. The molecule has 0 spiro atoms. The summed E-state index contributed by atoms with van der Waals surface area (Å²) >= 11 is 0. The molecule has 0 radical (unpaired) electrons. The van der Waals surface area contributed by atoms with Crippen molar-refractivity contribution in [2.75, 3.05) is 40.0 Å². The molecule has 0 saturated carbocycles. The van der Waals surface area contributed by atoms with Crippen LogP contribution in [0.5, 0.6) is 0 Å². The Balaban J connectivity index is 1.29. The zero-order valence-corrected chi connectivity index (χ0v) is 16.2. The van der Waals surface area contributed by atoms with Crippen LogP contribution in [0.15, 0.2) is 47.5 Å². The largest absolute Gasteiger partial charge is 0.379 e. The van der Waals surface area contributed by atoms with Gasteiger partial charge in [-0.15, -0.1) is 0 Å². The molecular weight excluding hydrogens is 338 g/mol. The zero-order chi connectivity index (χ0) is 18.7. The van der Waals surface area contributed by atoms with Crippen LogP contribution in [-0.4, -0.2) is 52.0 Å². The van der Waals surface area contributed by atoms with Gasteiger partial charge in [0.25, 0.3) is 0 Å². The van der Waals surface area contributed by atoms with Crippen molar-refractivity contribution in [1.82, 2.24) is 10.6 Å². The van der Waals surface area contributed by atoms with Crippen LogP contribution >= 0.6 is 0 Å². The van der Waals surface area contributed by atoms with Crippen LogP contribution in [0.1, 0.15) is 24.8 Å². The Bertz CT molecular complexity index is 726. The van der Waals surface area contributed by atoms with Crippen LogP contribution in [0.25, 0.3) is 10.8 Å². The maximum absolute atomic E-state index is 5.68. The second-order valence-electron chi connectivity index (χ2n) is 6.92. The third-order valence-electron chi connectivity index (χ3n) is 4.83. The topological polar surface area (TPSA) is 54.9 Å². The third-order valence-corrected chi connectivity index (χ3v) is 4.83. The average Bonchev–Trinajstić information content (AvgIpc) is 3.22. The molecule has 2 N–H and O–H groups in total. The quantitative estimate of drug-likeness (QED) is 0.405. The van der Waals surface area contributed by atoms with Gasteiger partial charge in [0.05, 0.1) is 12.7 Å². The lowest BCUT2D eigenvalue weighted by Gasteiger charge is -2.13. The van der Waals surface area contributed by atoms with Gasteiger partial charge in [0.1, 0.15) is 0 Å². The van der Waals surface area contributed by atoms with Gasteiger partial charge in [0.15, 0.2) is 5.96 Å². The molecule has 1 heterocycles. The maximum atomic E-state index is 5.68. The molecule has 1 unspecified atom stereocenters. The van der Waals surface area contributed by atoms with E-state index in [2.05, 4.69) is 58.1 Å². The highest BCUT2D eigenvalue weighted by Gasteiger charge is 2.14. The molecule has 1 aliphatic heterocycles. The second kappa shape index (κ2) is 10.9. The summed E-state index contributed by atoms with van der Waals surface area (Å²) in [5, 5.41) is 9.30. The fourth-order valence-electron chi connectivity index (χ4n) is 3.31. The predicted octanol–water partition coefficient (Wildman–Crippen LogP) is 3.13. The first-order valence-corrected chi connectivity index (χ1v) is 9.97. The minimum absolute atomic E-state index is 0.308. The van der Waals surface area contributed by atoms with Gasteiger partial charge < -0.3 is 20.1 Å². The van der Waals surface area contributed by atoms with Crippen LogP contribution in [0.4, 0.5) is 0 Å². The van der Waals surface area contributed by atoms with E-state index in [0.29, 0.717) is 6.10 Å². The van der Waals surface area contributed by atoms with Gasteiger partial charge in [-0.05, 0) is 42.0 Å². The molecule has 0 aliphatic carbocycles. The number of aliphatic imine (C=N–C) groups is 1. The van der Waals surface area contributed by atoms with Crippen molar-refractivity contribution in [1.29, 1.82) is 0 Å². The SMILES string of the molecule is CN=C(NCCCOCC1CCCO1)NCCc1ccc2ccccc2c1. The molecular formula is C22H31N3O2. The lowest BCUT2D eigenvalue weighted by Crippen LogP contribution is -2.39. The van der Waals surface area contributed by atoms with Gasteiger partial charge in [0, 0.05) is 33.4 Å². The molecule has 146 valence electrons. The molecule has 0 bridgehead atoms. The number of benzene rings is 2. The number of rotatable bonds is 9. The van der Waals surface area contributed by atoms with Crippen molar-refractivity contribution in [2.45, 2.75) is 31.8 Å². The molecule has 5 nitrogen and oxygen atoms in total. The third kappa shape index (κ3) is 6.52. The highest BCUT2D eigenvalue weighted by Crippen LogP contribution is 2.15. The van der Waals surface area contributed by atoms with Gasteiger partial charge >= 0.3 is 0 Å². The van der Waals surface area contributed by atoms with Crippen molar-refractivity contribution >= 4 is 16.7 Å². The van der Waals surface area contributed by atoms with Crippen molar-refractivity contribution in [3.63, 3.8) is 0 Å². The van der Waals surface area contributed by atoms with Crippen LogP contribution in [0.3, 0.4) is 0 Å². The minimum atomic E-state index is 0.308. The van der Waals surface area contributed by atoms with Crippen LogP contribution < -0.4 is 10.6 Å². The number of hydrogen-bond acceptors (Lipinski definition) is 3. The van der Waals surface area contributed by atoms with Crippen LogP contribution in [-0.2, 0) is 15.9 Å². The normalized spacial score (nSPS) is 17.4. The fourth-order valence-corrected chi connectivity index (χ4v) is 3.31. The number of fused-ring (bicyclic) bond motifs is 1. The zero-order valence-electron chi connectivity index (χ0n) is 16.2. The van der Waals surface area contributed by atoms with E-state index < -0.39 is 0 Å². The molecule has 1 saturated heterocycles. The Kier molecular flexibility index (Phi) is 7.93.